The third kappa shape index (κ3) is 3.01. The highest BCUT2D eigenvalue weighted by Gasteiger charge is 2.07. The summed E-state index contributed by atoms with van der Waals surface area (Å²) < 4.78 is 0. The average molecular weight is 296 g/mol. The van der Waals surface area contributed by atoms with E-state index in [1.165, 1.54) is 6.33 Å². The van der Waals surface area contributed by atoms with E-state index >= 15 is 0 Å². The largest absolute Gasteiger partial charge is 0.307 e. The van der Waals surface area contributed by atoms with E-state index in [4.69, 9.17) is 29.0 Å². The maximum atomic E-state index is 5.99. The number of hydrazine groups is 1. The number of rotatable bonds is 2. The molecule has 0 amide bonds. The van der Waals surface area contributed by atoms with Gasteiger partial charge in [0.05, 0.1) is 15.7 Å². The summed E-state index contributed by atoms with van der Waals surface area (Å²) in [6, 6.07) is 7.06. The molecule has 0 radical (unpaired) electrons. The number of nitrogens with one attached hydrogen (secondary N) is 1. The van der Waals surface area contributed by atoms with Crippen molar-refractivity contribution in [1.82, 2.24) is 15.4 Å². The minimum Gasteiger partial charge on any atom is -0.307 e. The van der Waals surface area contributed by atoms with E-state index < -0.39 is 0 Å². The number of benzene rings is 1. The van der Waals surface area contributed by atoms with Crippen molar-refractivity contribution in [3.8, 4) is 11.3 Å². The minimum atomic E-state index is 0.473. The standard InChI is InChI=1S/C12H11Cl2N5/c1-16-12(19-15)11-5-10(17-6-18-11)7-2-3-8(13)9(14)4-7/h2-6H,15H2,1H3,(H,16,19). The molecule has 2 aromatic rings. The van der Waals surface area contributed by atoms with Gasteiger partial charge in [0.15, 0.2) is 5.84 Å². The van der Waals surface area contributed by atoms with Crippen LogP contribution in [0.25, 0.3) is 11.3 Å². The Labute approximate surface area is 120 Å². The Morgan fingerprint density at radius 3 is 2.63 bits per heavy atom. The summed E-state index contributed by atoms with van der Waals surface area (Å²) in [5.41, 5.74) is 4.62. The summed E-state index contributed by atoms with van der Waals surface area (Å²) in [6.07, 6.45) is 1.44. The Morgan fingerprint density at radius 2 is 2.00 bits per heavy atom. The molecule has 0 unspecified atom stereocenters. The summed E-state index contributed by atoms with van der Waals surface area (Å²) in [6.45, 7) is 0. The molecule has 0 saturated carbocycles. The quantitative estimate of drug-likeness (QED) is 0.386. The second kappa shape index (κ2) is 5.97. The number of hydrogen-bond acceptors (Lipinski definition) is 4. The van der Waals surface area contributed by atoms with Crippen molar-refractivity contribution in [1.29, 1.82) is 0 Å². The lowest BCUT2D eigenvalue weighted by Gasteiger charge is -2.06. The molecule has 2 rings (SSSR count). The smallest absolute Gasteiger partial charge is 0.161 e. The van der Waals surface area contributed by atoms with Gasteiger partial charge in [-0.15, -0.1) is 0 Å². The van der Waals surface area contributed by atoms with Gasteiger partial charge in [0.25, 0.3) is 0 Å². The molecule has 1 heterocycles. The Hall–Kier alpha value is -1.69. The molecule has 0 aliphatic carbocycles. The predicted octanol–water partition coefficient (Wildman–Crippen LogP) is 2.29. The highest BCUT2D eigenvalue weighted by atomic mass is 35.5. The Kier molecular flexibility index (Phi) is 4.31. The van der Waals surface area contributed by atoms with Crippen molar-refractivity contribution in [2.24, 2.45) is 10.8 Å². The van der Waals surface area contributed by atoms with E-state index in [2.05, 4.69) is 20.4 Å². The number of nitrogens with zero attached hydrogens (tertiary/aromatic N) is 3. The lowest BCUT2D eigenvalue weighted by molar-refractivity contribution is 0.999. The zero-order chi connectivity index (χ0) is 13.8. The van der Waals surface area contributed by atoms with Crippen molar-refractivity contribution < 1.29 is 0 Å². The molecule has 0 aliphatic rings. The van der Waals surface area contributed by atoms with Crippen molar-refractivity contribution >= 4 is 29.0 Å². The molecule has 0 spiro atoms. The van der Waals surface area contributed by atoms with Crippen LogP contribution in [0.5, 0.6) is 0 Å². The van der Waals surface area contributed by atoms with Crippen LogP contribution in [0.15, 0.2) is 35.6 Å². The topological polar surface area (TPSA) is 76.2 Å². The van der Waals surface area contributed by atoms with Crippen LogP contribution < -0.4 is 11.3 Å². The summed E-state index contributed by atoms with van der Waals surface area (Å²) in [4.78, 5) is 12.3. The minimum absolute atomic E-state index is 0.473. The highest BCUT2D eigenvalue weighted by Crippen LogP contribution is 2.27. The number of aliphatic imine (C=N–C) groups is 1. The Bertz CT molecular complexity index is 627. The van der Waals surface area contributed by atoms with Crippen LogP contribution in [-0.4, -0.2) is 22.9 Å². The third-order valence-electron chi connectivity index (χ3n) is 2.49. The lowest BCUT2D eigenvalue weighted by Crippen LogP contribution is -2.31. The van der Waals surface area contributed by atoms with Crippen molar-refractivity contribution in [2.75, 3.05) is 7.05 Å². The molecule has 0 atom stereocenters. The molecule has 0 fully saturated rings. The second-order valence-electron chi connectivity index (χ2n) is 3.63. The maximum absolute atomic E-state index is 5.99. The molecule has 0 bridgehead atoms. The number of halogens is 2. The molecule has 3 N–H and O–H groups in total. The van der Waals surface area contributed by atoms with Crippen LogP contribution in [0.3, 0.4) is 0 Å². The predicted molar refractivity (Wildman–Crippen MR) is 77.3 cm³/mol. The first-order valence-electron chi connectivity index (χ1n) is 5.37. The van der Waals surface area contributed by atoms with Gasteiger partial charge in [0, 0.05) is 12.6 Å². The first kappa shape index (κ1) is 13.7. The van der Waals surface area contributed by atoms with Crippen molar-refractivity contribution in [3.63, 3.8) is 0 Å². The number of amidine groups is 1. The first-order valence-corrected chi connectivity index (χ1v) is 6.12. The van der Waals surface area contributed by atoms with E-state index in [0.717, 1.165) is 5.56 Å². The highest BCUT2D eigenvalue weighted by molar-refractivity contribution is 6.42. The molecule has 98 valence electrons. The number of nitrogens with two attached hydrogens (primary N) is 1. The Morgan fingerprint density at radius 1 is 1.21 bits per heavy atom. The lowest BCUT2D eigenvalue weighted by atomic mass is 10.1. The molecule has 1 aromatic heterocycles. The zero-order valence-electron chi connectivity index (χ0n) is 10.1. The van der Waals surface area contributed by atoms with Gasteiger partial charge in [-0.1, -0.05) is 29.3 Å². The van der Waals surface area contributed by atoms with E-state index in [9.17, 15) is 0 Å². The number of hydrogen-bond donors (Lipinski definition) is 2. The van der Waals surface area contributed by atoms with E-state index in [0.29, 0.717) is 27.3 Å². The van der Waals surface area contributed by atoms with Crippen LogP contribution in [0, 0.1) is 0 Å². The monoisotopic (exact) mass is 295 g/mol. The van der Waals surface area contributed by atoms with Gasteiger partial charge < -0.3 is 5.43 Å². The van der Waals surface area contributed by atoms with Crippen LogP contribution in [0.1, 0.15) is 5.69 Å². The number of aromatic nitrogens is 2. The van der Waals surface area contributed by atoms with E-state index in [1.54, 1.807) is 25.2 Å². The SMILES string of the molecule is CN=C(NN)c1cc(-c2ccc(Cl)c(Cl)c2)ncn1. The molecule has 5 nitrogen and oxygen atoms in total. The summed E-state index contributed by atoms with van der Waals surface area (Å²) in [7, 11) is 1.62. The summed E-state index contributed by atoms with van der Waals surface area (Å²) in [5, 5.41) is 0.972. The third-order valence-corrected chi connectivity index (χ3v) is 3.22. The molecule has 19 heavy (non-hydrogen) atoms. The van der Waals surface area contributed by atoms with Gasteiger partial charge in [0.2, 0.25) is 0 Å². The van der Waals surface area contributed by atoms with Crippen LogP contribution >= 0.6 is 23.2 Å². The van der Waals surface area contributed by atoms with Crippen molar-refractivity contribution in [2.45, 2.75) is 0 Å². The normalized spacial score (nSPS) is 11.5. The molecular weight excluding hydrogens is 285 g/mol. The molecule has 1 aromatic carbocycles. The molecule has 0 saturated heterocycles. The van der Waals surface area contributed by atoms with Gasteiger partial charge in [0.1, 0.15) is 12.0 Å². The van der Waals surface area contributed by atoms with Crippen LogP contribution in [0.4, 0.5) is 0 Å². The fraction of sp³-hybridized carbons (Fsp3) is 0.0833. The van der Waals surface area contributed by atoms with Crippen molar-refractivity contribution in [3.05, 3.63) is 46.3 Å². The average Bonchev–Trinajstić information content (AvgIpc) is 2.44. The molecular formula is C12H11Cl2N5. The van der Waals surface area contributed by atoms with Gasteiger partial charge in [-0.05, 0) is 18.2 Å². The molecule has 0 aliphatic heterocycles. The summed E-state index contributed by atoms with van der Waals surface area (Å²) in [5.74, 6) is 5.84. The second-order valence-corrected chi connectivity index (χ2v) is 4.45. The van der Waals surface area contributed by atoms with Gasteiger partial charge in [-0.3, -0.25) is 4.99 Å². The first-order chi connectivity index (χ1) is 9.15. The van der Waals surface area contributed by atoms with Gasteiger partial charge in [-0.25, -0.2) is 15.8 Å². The fourth-order valence-corrected chi connectivity index (χ4v) is 1.85. The van der Waals surface area contributed by atoms with E-state index in [1.807, 2.05) is 6.07 Å². The van der Waals surface area contributed by atoms with Gasteiger partial charge >= 0.3 is 0 Å². The van der Waals surface area contributed by atoms with Crippen LogP contribution in [-0.2, 0) is 0 Å². The zero-order valence-corrected chi connectivity index (χ0v) is 11.6. The maximum Gasteiger partial charge on any atom is 0.161 e. The van der Waals surface area contributed by atoms with E-state index in [-0.39, 0.29) is 0 Å². The van der Waals surface area contributed by atoms with Gasteiger partial charge in [-0.2, -0.15) is 0 Å². The van der Waals surface area contributed by atoms with Crippen LogP contribution in [0.2, 0.25) is 10.0 Å². The Balaban J connectivity index is 2.46. The molecule has 7 heteroatoms. The summed E-state index contributed by atoms with van der Waals surface area (Å²) >= 11 is 11.9. The fourth-order valence-electron chi connectivity index (χ4n) is 1.55.